The molecular weight excluding hydrogens is 234 g/mol. The highest BCUT2D eigenvalue weighted by Gasteiger charge is 2.49. The van der Waals surface area contributed by atoms with Crippen molar-refractivity contribution in [3.05, 3.63) is 0 Å². The Morgan fingerprint density at radius 1 is 1.39 bits per heavy atom. The van der Waals surface area contributed by atoms with Gasteiger partial charge in [-0.15, -0.1) is 0 Å². The number of rotatable bonds is 5. The number of nitrogens with zero attached hydrogens (tertiary/aromatic N) is 1. The van der Waals surface area contributed by atoms with Crippen molar-refractivity contribution in [3.8, 4) is 0 Å². The topological polar surface area (TPSA) is 78.5 Å². The largest absolute Gasteiger partial charge is 0.352 e. The number of amides is 4. The average molecular weight is 253 g/mol. The van der Waals surface area contributed by atoms with E-state index in [4.69, 9.17) is 0 Å². The zero-order chi connectivity index (χ0) is 13.3. The van der Waals surface area contributed by atoms with Crippen molar-refractivity contribution in [1.82, 2.24) is 15.5 Å². The van der Waals surface area contributed by atoms with Crippen LogP contribution in [0.25, 0.3) is 0 Å². The van der Waals surface area contributed by atoms with E-state index in [1.807, 2.05) is 13.8 Å². The molecule has 0 radical (unpaired) electrons. The molecule has 1 saturated heterocycles. The monoisotopic (exact) mass is 253 g/mol. The van der Waals surface area contributed by atoms with E-state index < -0.39 is 11.6 Å². The minimum Gasteiger partial charge on any atom is -0.352 e. The first-order valence-corrected chi connectivity index (χ1v) is 6.46. The van der Waals surface area contributed by atoms with E-state index >= 15 is 0 Å². The van der Waals surface area contributed by atoms with Gasteiger partial charge in [-0.1, -0.05) is 13.8 Å². The van der Waals surface area contributed by atoms with Crippen LogP contribution >= 0.6 is 0 Å². The molecule has 2 N–H and O–H groups in total. The van der Waals surface area contributed by atoms with Gasteiger partial charge in [0.05, 0.1) is 0 Å². The number of nitrogens with one attached hydrogen (secondary N) is 2. The molecule has 0 aromatic rings. The van der Waals surface area contributed by atoms with Gasteiger partial charge in [-0.05, 0) is 25.7 Å². The van der Waals surface area contributed by atoms with Crippen LogP contribution in [0.4, 0.5) is 4.79 Å². The van der Waals surface area contributed by atoms with Crippen molar-refractivity contribution in [3.63, 3.8) is 0 Å². The van der Waals surface area contributed by atoms with Crippen molar-refractivity contribution in [2.24, 2.45) is 0 Å². The summed E-state index contributed by atoms with van der Waals surface area (Å²) in [5.41, 5.74) is -0.822. The van der Waals surface area contributed by atoms with Gasteiger partial charge in [0, 0.05) is 6.04 Å². The summed E-state index contributed by atoms with van der Waals surface area (Å²) < 4.78 is 0. The van der Waals surface area contributed by atoms with Gasteiger partial charge in [-0.3, -0.25) is 14.5 Å². The van der Waals surface area contributed by atoms with Gasteiger partial charge in [-0.2, -0.15) is 0 Å². The second-order valence-corrected chi connectivity index (χ2v) is 4.95. The van der Waals surface area contributed by atoms with Crippen LogP contribution < -0.4 is 10.6 Å². The molecule has 18 heavy (non-hydrogen) atoms. The fourth-order valence-electron chi connectivity index (χ4n) is 2.19. The highest BCUT2D eigenvalue weighted by atomic mass is 16.2. The third kappa shape index (κ3) is 2.19. The molecule has 0 bridgehead atoms. The third-order valence-electron chi connectivity index (χ3n) is 3.70. The number of imide groups is 1. The number of carbonyl (C=O) groups excluding carboxylic acids is 3. The van der Waals surface area contributed by atoms with E-state index in [0.717, 1.165) is 17.7 Å². The first kappa shape index (κ1) is 12.9. The summed E-state index contributed by atoms with van der Waals surface area (Å²) >= 11 is 0. The van der Waals surface area contributed by atoms with Gasteiger partial charge in [-0.25, -0.2) is 4.79 Å². The van der Waals surface area contributed by atoms with Crippen LogP contribution in [0.1, 0.15) is 39.5 Å². The summed E-state index contributed by atoms with van der Waals surface area (Å²) in [6.45, 7) is 3.54. The summed E-state index contributed by atoms with van der Waals surface area (Å²) in [6.07, 6.45) is 3.04. The number of hydrogen-bond donors (Lipinski definition) is 2. The molecule has 1 heterocycles. The van der Waals surface area contributed by atoms with Crippen LogP contribution in [-0.2, 0) is 9.59 Å². The van der Waals surface area contributed by atoms with Gasteiger partial charge in [0.1, 0.15) is 12.1 Å². The minimum absolute atomic E-state index is 0.178. The Bertz CT molecular complexity index is 386. The molecule has 6 heteroatoms. The molecule has 0 unspecified atom stereocenters. The lowest BCUT2D eigenvalue weighted by atomic mass is 9.93. The molecule has 1 saturated carbocycles. The van der Waals surface area contributed by atoms with Crippen LogP contribution in [0.3, 0.4) is 0 Å². The Labute approximate surface area is 106 Å². The van der Waals surface area contributed by atoms with Gasteiger partial charge in [0.25, 0.3) is 5.91 Å². The average Bonchev–Trinajstić information content (AvgIpc) is 3.12. The highest BCUT2D eigenvalue weighted by molar-refractivity contribution is 6.09. The molecule has 0 atom stereocenters. The van der Waals surface area contributed by atoms with Crippen molar-refractivity contribution >= 4 is 17.8 Å². The lowest BCUT2D eigenvalue weighted by Crippen LogP contribution is -2.46. The molecule has 0 aromatic carbocycles. The van der Waals surface area contributed by atoms with E-state index in [0.29, 0.717) is 12.8 Å². The number of hydrogen-bond acceptors (Lipinski definition) is 3. The Kier molecular flexibility index (Phi) is 3.28. The molecule has 1 aliphatic carbocycles. The quantitative estimate of drug-likeness (QED) is 0.695. The maximum atomic E-state index is 12.2. The summed E-state index contributed by atoms with van der Waals surface area (Å²) in [5, 5.41) is 5.47. The summed E-state index contributed by atoms with van der Waals surface area (Å²) in [6, 6.07) is -0.227. The zero-order valence-electron chi connectivity index (χ0n) is 10.8. The van der Waals surface area contributed by atoms with E-state index in [-0.39, 0.29) is 24.4 Å². The lowest BCUT2D eigenvalue weighted by Gasteiger charge is -2.22. The van der Waals surface area contributed by atoms with Gasteiger partial charge >= 0.3 is 6.03 Å². The van der Waals surface area contributed by atoms with E-state index in [9.17, 15) is 14.4 Å². The molecule has 100 valence electrons. The SMILES string of the molecule is CCC1(CC)NC(=O)N(CC(=O)NC2CC2)C1=O. The molecule has 0 aromatic heterocycles. The van der Waals surface area contributed by atoms with E-state index in [2.05, 4.69) is 10.6 Å². The van der Waals surface area contributed by atoms with Gasteiger partial charge < -0.3 is 10.6 Å². The fourth-order valence-corrected chi connectivity index (χ4v) is 2.19. The molecule has 2 fully saturated rings. The molecule has 1 aliphatic heterocycles. The first-order chi connectivity index (χ1) is 8.52. The van der Waals surface area contributed by atoms with E-state index in [1.165, 1.54) is 0 Å². The second kappa shape index (κ2) is 4.59. The number of carbonyl (C=O) groups is 3. The van der Waals surface area contributed by atoms with Crippen molar-refractivity contribution < 1.29 is 14.4 Å². The molecule has 0 spiro atoms. The maximum Gasteiger partial charge on any atom is 0.325 e. The number of urea groups is 1. The maximum absolute atomic E-state index is 12.2. The van der Waals surface area contributed by atoms with Crippen LogP contribution in [-0.4, -0.2) is 40.9 Å². The standard InChI is InChI=1S/C12H19N3O3/c1-3-12(4-2)10(17)15(11(18)14-12)7-9(16)13-8-5-6-8/h8H,3-7H2,1-2H3,(H,13,16)(H,14,18). The third-order valence-corrected chi connectivity index (χ3v) is 3.70. The van der Waals surface area contributed by atoms with Gasteiger partial charge in [0.15, 0.2) is 0 Å². The molecule has 4 amide bonds. The lowest BCUT2D eigenvalue weighted by molar-refractivity contribution is -0.135. The summed E-state index contributed by atoms with van der Waals surface area (Å²) in [4.78, 5) is 36.6. The van der Waals surface area contributed by atoms with Crippen molar-refractivity contribution in [1.29, 1.82) is 0 Å². The van der Waals surface area contributed by atoms with Gasteiger partial charge in [0.2, 0.25) is 5.91 Å². The van der Waals surface area contributed by atoms with Crippen LogP contribution in [0.2, 0.25) is 0 Å². The van der Waals surface area contributed by atoms with Crippen LogP contribution in [0.15, 0.2) is 0 Å². The molecular formula is C12H19N3O3. The summed E-state index contributed by atoms with van der Waals surface area (Å²) in [7, 11) is 0. The van der Waals surface area contributed by atoms with Crippen LogP contribution in [0.5, 0.6) is 0 Å². The Morgan fingerprint density at radius 2 is 2.00 bits per heavy atom. The Balaban J connectivity index is 2.01. The predicted molar refractivity (Wildman–Crippen MR) is 64.7 cm³/mol. The Hall–Kier alpha value is -1.59. The Morgan fingerprint density at radius 3 is 2.44 bits per heavy atom. The smallest absolute Gasteiger partial charge is 0.325 e. The molecule has 6 nitrogen and oxygen atoms in total. The second-order valence-electron chi connectivity index (χ2n) is 4.95. The fraction of sp³-hybridized carbons (Fsp3) is 0.750. The first-order valence-electron chi connectivity index (χ1n) is 6.46. The van der Waals surface area contributed by atoms with Crippen LogP contribution in [0, 0.1) is 0 Å². The van der Waals surface area contributed by atoms with Crippen molar-refractivity contribution in [2.45, 2.75) is 51.1 Å². The molecule has 2 aliphatic rings. The van der Waals surface area contributed by atoms with E-state index in [1.54, 1.807) is 0 Å². The van der Waals surface area contributed by atoms with Crippen molar-refractivity contribution in [2.75, 3.05) is 6.54 Å². The minimum atomic E-state index is -0.822. The zero-order valence-corrected chi connectivity index (χ0v) is 10.8. The normalized spacial score (nSPS) is 22.0. The molecule has 2 rings (SSSR count). The predicted octanol–water partition coefficient (Wildman–Crippen LogP) is 0.376. The highest BCUT2D eigenvalue weighted by Crippen LogP contribution is 2.25. The summed E-state index contributed by atoms with van der Waals surface area (Å²) in [5.74, 6) is -0.549.